The lowest BCUT2D eigenvalue weighted by Gasteiger charge is -2.32. The van der Waals surface area contributed by atoms with Gasteiger partial charge in [-0.1, -0.05) is 18.2 Å². The normalized spacial score (nSPS) is 16.6. The number of hydrogen-bond donors (Lipinski definition) is 1. The zero-order valence-electron chi connectivity index (χ0n) is 13.4. The summed E-state index contributed by atoms with van der Waals surface area (Å²) >= 11 is 0. The van der Waals surface area contributed by atoms with Crippen molar-refractivity contribution in [2.45, 2.75) is 12.8 Å². The van der Waals surface area contributed by atoms with E-state index in [9.17, 15) is 9.59 Å². The molecule has 0 spiro atoms. The molecule has 1 aromatic heterocycles. The molecule has 1 amide bonds. The molecule has 122 valence electrons. The van der Waals surface area contributed by atoms with Gasteiger partial charge in [0.2, 0.25) is 11.8 Å². The predicted octanol–water partition coefficient (Wildman–Crippen LogP) is 1.34. The summed E-state index contributed by atoms with van der Waals surface area (Å²) in [6.45, 7) is 3.51. The summed E-state index contributed by atoms with van der Waals surface area (Å²) in [5.74, 6) is -0.154. The number of rotatable bonds is 4. The second-order valence-electron chi connectivity index (χ2n) is 5.96. The lowest BCUT2D eigenvalue weighted by Crippen LogP contribution is -2.52. The number of para-hydroxylation sites is 1. The van der Waals surface area contributed by atoms with Gasteiger partial charge in [0.15, 0.2) is 0 Å². The van der Waals surface area contributed by atoms with E-state index in [1.54, 1.807) is 10.8 Å². The fraction of sp³-hybridized carbons (Fsp3) is 0.412. The monoisotopic (exact) mass is 314 g/mol. The molecule has 0 atom stereocenters. The van der Waals surface area contributed by atoms with Gasteiger partial charge in [-0.2, -0.15) is 0 Å². The molecule has 3 rings (SSSR count). The van der Waals surface area contributed by atoms with Gasteiger partial charge in [-0.05, 0) is 19.2 Å². The first-order chi connectivity index (χ1) is 11.1. The van der Waals surface area contributed by atoms with Crippen molar-refractivity contribution in [3.05, 3.63) is 36.5 Å². The average molecular weight is 314 g/mol. The Hall–Kier alpha value is -2.18. The maximum Gasteiger partial charge on any atom is 0.234 e. The molecule has 0 bridgehead atoms. The minimum Gasteiger partial charge on any atom is -0.304 e. The summed E-state index contributed by atoms with van der Waals surface area (Å²) in [5, 5.41) is 2.96. The minimum atomic E-state index is -0.0978. The molecule has 6 heteroatoms. The Morgan fingerprint density at radius 1 is 1.04 bits per heavy atom. The number of benzene rings is 1. The number of piperazine rings is 1. The van der Waals surface area contributed by atoms with Crippen LogP contribution < -0.4 is 5.43 Å². The first-order valence-electron chi connectivity index (χ1n) is 7.96. The molecule has 0 saturated carbocycles. The van der Waals surface area contributed by atoms with Crippen LogP contribution in [-0.2, 0) is 4.79 Å². The van der Waals surface area contributed by atoms with E-state index in [4.69, 9.17) is 0 Å². The molecule has 0 aliphatic carbocycles. The Labute approximate surface area is 135 Å². The molecule has 1 saturated heterocycles. The molecule has 0 radical (unpaired) electrons. The van der Waals surface area contributed by atoms with Crippen LogP contribution in [0.1, 0.15) is 17.6 Å². The summed E-state index contributed by atoms with van der Waals surface area (Å²) in [6.07, 6.45) is 2.18. The predicted molar refractivity (Wildman–Crippen MR) is 89.0 cm³/mol. The quantitative estimate of drug-likeness (QED) is 0.925. The molecule has 1 aromatic carbocycles. The molecule has 2 heterocycles. The number of nitrogens with one attached hydrogen (secondary N) is 1. The molecule has 0 unspecified atom stereocenters. The van der Waals surface area contributed by atoms with Crippen molar-refractivity contribution in [2.24, 2.45) is 0 Å². The average Bonchev–Trinajstić information content (AvgIpc) is 2.99. The smallest absolute Gasteiger partial charge is 0.234 e. The van der Waals surface area contributed by atoms with Gasteiger partial charge in [-0.25, -0.2) is 5.01 Å². The van der Waals surface area contributed by atoms with Crippen molar-refractivity contribution < 1.29 is 9.59 Å². The van der Waals surface area contributed by atoms with Crippen LogP contribution in [0, 0.1) is 0 Å². The number of nitrogens with zero attached hydrogens (tertiary/aromatic N) is 3. The van der Waals surface area contributed by atoms with Gasteiger partial charge >= 0.3 is 0 Å². The highest BCUT2D eigenvalue weighted by molar-refractivity contribution is 5.93. The second kappa shape index (κ2) is 6.93. The van der Waals surface area contributed by atoms with Crippen LogP contribution in [0.25, 0.3) is 10.9 Å². The number of carbonyl (C=O) groups excluding carboxylic acids is 2. The van der Waals surface area contributed by atoms with E-state index < -0.39 is 0 Å². The fourth-order valence-electron chi connectivity index (χ4n) is 2.79. The standard InChI is InChI=1S/C17H22N4O2/c1-19-10-12-20(13-11-19)18-16(22)6-7-17(23)21-9-8-14-4-2-3-5-15(14)21/h2-5,8-9H,6-7,10-13H2,1H3,(H,18,22). The molecule has 1 aliphatic rings. The van der Waals surface area contributed by atoms with Gasteiger partial charge in [-0.15, -0.1) is 0 Å². The largest absolute Gasteiger partial charge is 0.304 e. The minimum absolute atomic E-state index is 0.0558. The molecule has 23 heavy (non-hydrogen) atoms. The summed E-state index contributed by atoms with van der Waals surface area (Å²) in [5.41, 5.74) is 3.77. The van der Waals surface area contributed by atoms with E-state index in [0.29, 0.717) is 0 Å². The molecular weight excluding hydrogens is 292 g/mol. The zero-order valence-corrected chi connectivity index (χ0v) is 13.4. The Kier molecular flexibility index (Phi) is 4.73. The number of likely N-dealkylation sites (N-methyl/N-ethyl adjacent to an activating group) is 1. The van der Waals surface area contributed by atoms with Crippen LogP contribution in [0.3, 0.4) is 0 Å². The topological polar surface area (TPSA) is 57.6 Å². The third-order valence-corrected chi connectivity index (χ3v) is 4.22. The van der Waals surface area contributed by atoms with E-state index >= 15 is 0 Å². The number of aromatic nitrogens is 1. The zero-order chi connectivity index (χ0) is 16.2. The van der Waals surface area contributed by atoms with Crippen LogP contribution in [0.15, 0.2) is 36.5 Å². The van der Waals surface area contributed by atoms with Gasteiger partial charge in [-0.3, -0.25) is 19.6 Å². The summed E-state index contributed by atoms with van der Waals surface area (Å²) in [7, 11) is 2.07. The fourth-order valence-corrected chi connectivity index (χ4v) is 2.79. The van der Waals surface area contributed by atoms with Gasteiger partial charge in [0.25, 0.3) is 0 Å². The lowest BCUT2D eigenvalue weighted by molar-refractivity contribution is -0.126. The second-order valence-corrected chi connectivity index (χ2v) is 5.96. The van der Waals surface area contributed by atoms with E-state index in [-0.39, 0.29) is 24.7 Å². The van der Waals surface area contributed by atoms with E-state index in [0.717, 1.165) is 37.1 Å². The molecule has 6 nitrogen and oxygen atoms in total. The first-order valence-corrected chi connectivity index (χ1v) is 7.96. The summed E-state index contributed by atoms with van der Waals surface area (Å²) in [6, 6.07) is 9.65. The van der Waals surface area contributed by atoms with Gasteiger partial charge < -0.3 is 4.90 Å². The van der Waals surface area contributed by atoms with Crippen LogP contribution in [0.5, 0.6) is 0 Å². The highest BCUT2D eigenvalue weighted by Crippen LogP contribution is 2.15. The lowest BCUT2D eigenvalue weighted by atomic mass is 10.2. The Morgan fingerprint density at radius 3 is 2.57 bits per heavy atom. The number of fused-ring (bicyclic) bond motifs is 1. The van der Waals surface area contributed by atoms with Crippen molar-refractivity contribution in [3.63, 3.8) is 0 Å². The van der Waals surface area contributed by atoms with Crippen molar-refractivity contribution in [3.8, 4) is 0 Å². The van der Waals surface area contributed by atoms with Crippen molar-refractivity contribution >= 4 is 22.7 Å². The molecule has 1 N–H and O–H groups in total. The summed E-state index contributed by atoms with van der Waals surface area (Å²) in [4.78, 5) is 26.6. The van der Waals surface area contributed by atoms with Crippen molar-refractivity contribution in [2.75, 3.05) is 33.2 Å². The third-order valence-electron chi connectivity index (χ3n) is 4.22. The molecule has 2 aromatic rings. The van der Waals surface area contributed by atoms with E-state index in [2.05, 4.69) is 17.4 Å². The van der Waals surface area contributed by atoms with Gasteiger partial charge in [0, 0.05) is 50.6 Å². The van der Waals surface area contributed by atoms with Crippen molar-refractivity contribution in [1.29, 1.82) is 0 Å². The Bertz CT molecular complexity index is 701. The highest BCUT2D eigenvalue weighted by atomic mass is 16.2. The third kappa shape index (κ3) is 3.78. The SMILES string of the molecule is CN1CCN(NC(=O)CCC(=O)n2ccc3ccccc32)CC1. The van der Waals surface area contributed by atoms with Gasteiger partial charge in [0.1, 0.15) is 0 Å². The van der Waals surface area contributed by atoms with Crippen molar-refractivity contribution in [1.82, 2.24) is 19.9 Å². The maximum atomic E-state index is 12.3. The molecule has 1 aliphatic heterocycles. The number of hydrogen-bond acceptors (Lipinski definition) is 4. The Morgan fingerprint density at radius 2 is 1.78 bits per heavy atom. The Balaban J connectivity index is 1.51. The van der Waals surface area contributed by atoms with Gasteiger partial charge in [0.05, 0.1) is 5.52 Å². The number of amides is 1. The maximum absolute atomic E-state index is 12.3. The molecule has 1 fully saturated rings. The number of carbonyl (C=O) groups is 2. The van der Waals surface area contributed by atoms with Crippen LogP contribution in [-0.4, -0.2) is 59.5 Å². The number of hydrazine groups is 1. The van der Waals surface area contributed by atoms with Crippen LogP contribution >= 0.6 is 0 Å². The highest BCUT2D eigenvalue weighted by Gasteiger charge is 2.17. The van der Waals surface area contributed by atoms with Crippen LogP contribution in [0.4, 0.5) is 0 Å². The van der Waals surface area contributed by atoms with E-state index in [1.807, 2.05) is 35.3 Å². The first kappa shape index (κ1) is 15.7. The molecular formula is C17H22N4O2. The summed E-state index contributed by atoms with van der Waals surface area (Å²) < 4.78 is 1.62. The van der Waals surface area contributed by atoms with E-state index in [1.165, 1.54) is 0 Å². The van der Waals surface area contributed by atoms with Crippen LogP contribution in [0.2, 0.25) is 0 Å².